The van der Waals surface area contributed by atoms with Crippen LogP contribution in [0.5, 0.6) is 0 Å². The quantitative estimate of drug-likeness (QED) is 0.544. The van der Waals surface area contributed by atoms with E-state index < -0.39 is 11.7 Å². The number of nitrogens with one attached hydrogen (secondary N) is 1. The van der Waals surface area contributed by atoms with Crippen molar-refractivity contribution in [2.45, 2.75) is 32.4 Å². The van der Waals surface area contributed by atoms with Gasteiger partial charge in [0.2, 0.25) is 0 Å². The van der Waals surface area contributed by atoms with E-state index >= 15 is 0 Å². The standard InChI is InChI=1S/C21H19ClF3N3/c1-13-5-4-6-14(11-13)19-16-7-2-3-10-26-20(16)28(27-19)18-9-8-15(22)12-17(18)21(23,24)25/h4-6,8-9,11-12,26H,2-3,7,10H2,1H3. The van der Waals surface area contributed by atoms with Crippen LogP contribution in [0.15, 0.2) is 42.5 Å². The van der Waals surface area contributed by atoms with Crippen molar-refractivity contribution in [3.63, 3.8) is 0 Å². The van der Waals surface area contributed by atoms with Crippen molar-refractivity contribution in [1.82, 2.24) is 9.78 Å². The average Bonchev–Trinajstić information content (AvgIpc) is 2.82. The van der Waals surface area contributed by atoms with E-state index in [1.54, 1.807) is 0 Å². The third-order valence-electron chi connectivity index (χ3n) is 4.91. The zero-order valence-corrected chi connectivity index (χ0v) is 16.0. The van der Waals surface area contributed by atoms with Crippen molar-refractivity contribution in [2.75, 3.05) is 11.9 Å². The molecule has 0 atom stereocenters. The lowest BCUT2D eigenvalue weighted by atomic mass is 10.0. The summed E-state index contributed by atoms with van der Waals surface area (Å²) < 4.78 is 42.5. The first-order valence-corrected chi connectivity index (χ1v) is 9.52. The Balaban J connectivity index is 1.97. The number of hydrogen-bond acceptors (Lipinski definition) is 2. The molecule has 1 aliphatic rings. The molecule has 0 saturated heterocycles. The molecule has 0 unspecified atom stereocenters. The number of halogens is 4. The van der Waals surface area contributed by atoms with Crippen LogP contribution in [-0.2, 0) is 12.6 Å². The Bertz CT molecular complexity index is 1020. The summed E-state index contributed by atoms with van der Waals surface area (Å²) in [6, 6.07) is 11.7. The molecule has 0 radical (unpaired) electrons. The van der Waals surface area contributed by atoms with Gasteiger partial charge in [-0.1, -0.05) is 35.4 Å². The number of alkyl halides is 3. The van der Waals surface area contributed by atoms with Crippen LogP contribution in [0.3, 0.4) is 0 Å². The maximum Gasteiger partial charge on any atom is 0.418 e. The molecule has 1 N–H and O–H groups in total. The highest BCUT2D eigenvalue weighted by Crippen LogP contribution is 2.39. The maximum atomic E-state index is 13.7. The first-order valence-electron chi connectivity index (χ1n) is 9.14. The zero-order chi connectivity index (χ0) is 19.9. The van der Waals surface area contributed by atoms with Crippen LogP contribution in [0.4, 0.5) is 19.0 Å². The Hall–Kier alpha value is -2.47. The molecular weight excluding hydrogens is 387 g/mol. The van der Waals surface area contributed by atoms with E-state index in [2.05, 4.69) is 10.4 Å². The Morgan fingerprint density at radius 3 is 2.68 bits per heavy atom. The van der Waals surface area contributed by atoms with Crippen molar-refractivity contribution in [1.29, 1.82) is 0 Å². The second kappa shape index (κ2) is 7.17. The van der Waals surface area contributed by atoms with Crippen LogP contribution in [0.2, 0.25) is 5.02 Å². The molecule has 0 spiro atoms. The second-order valence-electron chi connectivity index (χ2n) is 7.00. The minimum atomic E-state index is -4.53. The molecule has 0 saturated carbocycles. The number of aromatic nitrogens is 2. The van der Waals surface area contributed by atoms with Crippen molar-refractivity contribution < 1.29 is 13.2 Å². The number of benzene rings is 2. The topological polar surface area (TPSA) is 29.9 Å². The van der Waals surface area contributed by atoms with E-state index in [0.29, 0.717) is 12.4 Å². The molecule has 2 heterocycles. The summed E-state index contributed by atoms with van der Waals surface area (Å²) in [4.78, 5) is 0. The maximum absolute atomic E-state index is 13.7. The number of nitrogens with zero attached hydrogens (tertiary/aromatic N) is 2. The lowest BCUT2D eigenvalue weighted by Gasteiger charge is -2.16. The monoisotopic (exact) mass is 405 g/mol. The molecule has 4 rings (SSSR count). The van der Waals surface area contributed by atoms with Gasteiger partial charge in [0.15, 0.2) is 0 Å². The van der Waals surface area contributed by atoms with Gasteiger partial charge < -0.3 is 5.32 Å². The minimum absolute atomic E-state index is 0.0264. The molecule has 2 aromatic carbocycles. The highest BCUT2D eigenvalue weighted by atomic mass is 35.5. The normalized spacial score (nSPS) is 14.3. The van der Waals surface area contributed by atoms with E-state index in [9.17, 15) is 13.2 Å². The number of hydrogen-bond donors (Lipinski definition) is 1. The molecule has 0 fully saturated rings. The van der Waals surface area contributed by atoms with Gasteiger partial charge >= 0.3 is 6.18 Å². The minimum Gasteiger partial charge on any atom is -0.370 e. The molecule has 0 bridgehead atoms. The van der Waals surface area contributed by atoms with Gasteiger partial charge in [-0.05, 0) is 50.5 Å². The average molecular weight is 406 g/mol. The van der Waals surface area contributed by atoms with Gasteiger partial charge in [0.1, 0.15) is 5.82 Å². The molecule has 146 valence electrons. The van der Waals surface area contributed by atoms with Gasteiger partial charge in [0.25, 0.3) is 0 Å². The van der Waals surface area contributed by atoms with Crippen LogP contribution < -0.4 is 5.32 Å². The summed E-state index contributed by atoms with van der Waals surface area (Å²) in [5.74, 6) is 0.627. The summed E-state index contributed by atoms with van der Waals surface area (Å²) in [5.41, 5.74) is 2.82. The van der Waals surface area contributed by atoms with Gasteiger partial charge in [-0.3, -0.25) is 0 Å². The van der Waals surface area contributed by atoms with E-state index in [-0.39, 0.29) is 10.7 Å². The number of fused-ring (bicyclic) bond motifs is 1. The van der Waals surface area contributed by atoms with Crippen molar-refractivity contribution >= 4 is 17.4 Å². The van der Waals surface area contributed by atoms with E-state index in [1.165, 1.54) is 16.8 Å². The molecule has 0 amide bonds. The van der Waals surface area contributed by atoms with Crippen molar-refractivity contribution in [3.05, 3.63) is 64.2 Å². The van der Waals surface area contributed by atoms with E-state index in [1.807, 2.05) is 31.2 Å². The highest BCUT2D eigenvalue weighted by Gasteiger charge is 2.36. The smallest absolute Gasteiger partial charge is 0.370 e. The fourth-order valence-electron chi connectivity index (χ4n) is 3.62. The van der Waals surface area contributed by atoms with Crippen LogP contribution in [0.1, 0.15) is 29.5 Å². The Labute approximate surface area is 166 Å². The van der Waals surface area contributed by atoms with Gasteiger partial charge in [-0.2, -0.15) is 18.3 Å². The molecule has 1 aliphatic heterocycles. The van der Waals surface area contributed by atoms with E-state index in [0.717, 1.165) is 47.7 Å². The summed E-state index contributed by atoms with van der Waals surface area (Å²) in [6.45, 7) is 2.68. The fraction of sp³-hybridized carbons (Fsp3) is 0.286. The van der Waals surface area contributed by atoms with Gasteiger partial charge in [-0.15, -0.1) is 0 Å². The SMILES string of the molecule is Cc1cccc(-c2nn(-c3ccc(Cl)cc3C(F)(F)F)c3c2CCCCN3)c1. The second-order valence-corrected chi connectivity index (χ2v) is 7.44. The summed E-state index contributed by atoms with van der Waals surface area (Å²) in [6.07, 6.45) is -1.86. The largest absolute Gasteiger partial charge is 0.418 e. The Morgan fingerprint density at radius 2 is 1.93 bits per heavy atom. The molecular formula is C21H19ClF3N3. The van der Waals surface area contributed by atoms with Gasteiger partial charge in [0.05, 0.1) is 16.9 Å². The van der Waals surface area contributed by atoms with Crippen LogP contribution >= 0.6 is 11.6 Å². The van der Waals surface area contributed by atoms with Crippen molar-refractivity contribution in [2.24, 2.45) is 0 Å². The Morgan fingerprint density at radius 1 is 1.11 bits per heavy atom. The van der Waals surface area contributed by atoms with Crippen molar-refractivity contribution in [3.8, 4) is 16.9 Å². The number of aryl methyl sites for hydroxylation is 1. The first-order chi connectivity index (χ1) is 13.3. The lowest BCUT2D eigenvalue weighted by Crippen LogP contribution is -2.14. The molecule has 1 aromatic heterocycles. The molecule has 3 aromatic rings. The molecule has 0 aliphatic carbocycles. The highest BCUT2D eigenvalue weighted by molar-refractivity contribution is 6.30. The predicted molar refractivity (Wildman–Crippen MR) is 105 cm³/mol. The third kappa shape index (κ3) is 3.49. The lowest BCUT2D eigenvalue weighted by molar-refractivity contribution is -0.137. The van der Waals surface area contributed by atoms with Gasteiger partial charge in [-0.25, -0.2) is 4.68 Å². The van der Waals surface area contributed by atoms with Gasteiger partial charge in [0, 0.05) is 22.7 Å². The first kappa shape index (κ1) is 18.9. The Kier molecular flexibility index (Phi) is 4.83. The van der Waals surface area contributed by atoms with Crippen LogP contribution in [-0.4, -0.2) is 16.3 Å². The number of anilines is 1. The molecule has 28 heavy (non-hydrogen) atoms. The summed E-state index contributed by atoms with van der Waals surface area (Å²) in [7, 11) is 0. The summed E-state index contributed by atoms with van der Waals surface area (Å²) >= 11 is 5.85. The molecule has 3 nitrogen and oxygen atoms in total. The van der Waals surface area contributed by atoms with E-state index in [4.69, 9.17) is 11.6 Å². The fourth-order valence-corrected chi connectivity index (χ4v) is 3.79. The predicted octanol–water partition coefficient (Wildman–Crippen LogP) is 6.27. The number of rotatable bonds is 2. The van der Waals surface area contributed by atoms with Crippen LogP contribution in [0, 0.1) is 6.92 Å². The van der Waals surface area contributed by atoms with Crippen LogP contribution in [0.25, 0.3) is 16.9 Å². The summed E-state index contributed by atoms with van der Waals surface area (Å²) in [5, 5.41) is 7.96. The molecule has 7 heteroatoms. The zero-order valence-electron chi connectivity index (χ0n) is 15.3. The third-order valence-corrected chi connectivity index (χ3v) is 5.15.